The first-order valence-corrected chi connectivity index (χ1v) is 6.42. The number of nitrogen functional groups attached to an aromatic ring is 1. The van der Waals surface area contributed by atoms with Crippen LogP contribution in [-0.2, 0) is 0 Å². The number of nitrogens with two attached hydrogens (primary N) is 1. The Morgan fingerprint density at radius 2 is 1.83 bits per heavy atom. The molecule has 0 aliphatic carbocycles. The van der Waals surface area contributed by atoms with Gasteiger partial charge in [0.15, 0.2) is 0 Å². The third-order valence-corrected chi connectivity index (χ3v) is 3.20. The van der Waals surface area contributed by atoms with Crippen molar-refractivity contribution >= 4 is 27.3 Å². The number of halogens is 2. The molecular weight excluding hydrogens is 295 g/mol. The Balaban J connectivity index is 2.15. The van der Waals surface area contributed by atoms with E-state index in [0.29, 0.717) is 11.4 Å². The Morgan fingerprint density at radius 1 is 1.17 bits per heavy atom. The molecule has 0 heterocycles. The van der Waals surface area contributed by atoms with Crippen LogP contribution in [0.15, 0.2) is 46.9 Å². The van der Waals surface area contributed by atoms with Crippen LogP contribution in [0.1, 0.15) is 18.5 Å². The molecule has 1 atom stereocenters. The molecular formula is C14H14BrFN2. The van der Waals surface area contributed by atoms with Crippen molar-refractivity contribution in [3.05, 3.63) is 58.3 Å². The molecule has 0 spiro atoms. The minimum absolute atomic E-state index is 0.0827. The van der Waals surface area contributed by atoms with E-state index in [1.165, 1.54) is 12.1 Å². The van der Waals surface area contributed by atoms with Gasteiger partial charge in [-0.15, -0.1) is 0 Å². The normalized spacial score (nSPS) is 12.2. The van der Waals surface area contributed by atoms with E-state index in [-0.39, 0.29) is 11.9 Å². The third kappa shape index (κ3) is 3.23. The maximum atomic E-state index is 13.2. The lowest BCUT2D eigenvalue weighted by molar-refractivity contribution is 0.628. The first kappa shape index (κ1) is 12.9. The van der Waals surface area contributed by atoms with E-state index >= 15 is 0 Å². The van der Waals surface area contributed by atoms with Gasteiger partial charge in [0, 0.05) is 21.9 Å². The maximum absolute atomic E-state index is 13.2. The molecule has 0 aliphatic heterocycles. The summed E-state index contributed by atoms with van der Waals surface area (Å²) in [5.74, 6) is -0.333. The highest BCUT2D eigenvalue weighted by Gasteiger charge is 2.06. The number of benzene rings is 2. The van der Waals surface area contributed by atoms with Crippen LogP contribution in [0.4, 0.5) is 15.8 Å². The first-order chi connectivity index (χ1) is 8.54. The molecule has 94 valence electrons. The highest BCUT2D eigenvalue weighted by Crippen LogP contribution is 2.23. The van der Waals surface area contributed by atoms with Crippen molar-refractivity contribution in [3.63, 3.8) is 0 Å². The minimum Gasteiger partial charge on any atom is -0.399 e. The molecule has 0 radical (unpaired) electrons. The van der Waals surface area contributed by atoms with Gasteiger partial charge >= 0.3 is 0 Å². The summed E-state index contributed by atoms with van der Waals surface area (Å²) < 4.78 is 14.2. The van der Waals surface area contributed by atoms with Crippen molar-refractivity contribution in [2.75, 3.05) is 11.1 Å². The zero-order valence-corrected chi connectivity index (χ0v) is 11.5. The average molecular weight is 309 g/mol. The van der Waals surface area contributed by atoms with Gasteiger partial charge in [0.1, 0.15) is 5.82 Å². The van der Waals surface area contributed by atoms with Crippen molar-refractivity contribution < 1.29 is 4.39 Å². The van der Waals surface area contributed by atoms with Crippen LogP contribution in [-0.4, -0.2) is 0 Å². The van der Waals surface area contributed by atoms with Crippen LogP contribution in [0.5, 0.6) is 0 Å². The van der Waals surface area contributed by atoms with Gasteiger partial charge in [0.25, 0.3) is 0 Å². The molecule has 2 aromatic carbocycles. The van der Waals surface area contributed by atoms with E-state index in [0.717, 1.165) is 10.0 Å². The number of anilines is 2. The van der Waals surface area contributed by atoms with Gasteiger partial charge in [-0.05, 0) is 42.8 Å². The SMILES string of the molecule is CC(Nc1cc(N)cc(F)c1)c1ccc(Br)cc1. The molecule has 0 aromatic heterocycles. The van der Waals surface area contributed by atoms with Crippen LogP contribution >= 0.6 is 15.9 Å². The fourth-order valence-corrected chi connectivity index (χ4v) is 2.04. The summed E-state index contributed by atoms with van der Waals surface area (Å²) in [6.07, 6.45) is 0. The van der Waals surface area contributed by atoms with Gasteiger partial charge in [0.2, 0.25) is 0 Å². The van der Waals surface area contributed by atoms with Gasteiger partial charge in [-0.25, -0.2) is 4.39 Å². The van der Waals surface area contributed by atoms with Crippen LogP contribution in [0.25, 0.3) is 0 Å². The lowest BCUT2D eigenvalue weighted by Crippen LogP contribution is -2.07. The van der Waals surface area contributed by atoms with Gasteiger partial charge in [-0.1, -0.05) is 28.1 Å². The average Bonchev–Trinajstić information content (AvgIpc) is 2.28. The summed E-state index contributed by atoms with van der Waals surface area (Å²) in [6.45, 7) is 2.02. The molecule has 4 heteroatoms. The zero-order chi connectivity index (χ0) is 13.1. The smallest absolute Gasteiger partial charge is 0.127 e. The third-order valence-electron chi connectivity index (χ3n) is 2.67. The predicted molar refractivity (Wildman–Crippen MR) is 77.0 cm³/mol. The molecule has 2 aromatic rings. The van der Waals surface area contributed by atoms with Crippen molar-refractivity contribution in [2.45, 2.75) is 13.0 Å². The fourth-order valence-electron chi connectivity index (χ4n) is 1.78. The van der Waals surface area contributed by atoms with E-state index in [4.69, 9.17) is 5.73 Å². The Kier molecular flexibility index (Phi) is 3.87. The summed E-state index contributed by atoms with van der Waals surface area (Å²) in [6, 6.07) is 12.5. The number of rotatable bonds is 3. The number of hydrogen-bond donors (Lipinski definition) is 2. The van der Waals surface area contributed by atoms with Crippen molar-refractivity contribution in [3.8, 4) is 0 Å². The lowest BCUT2D eigenvalue weighted by atomic mass is 10.1. The van der Waals surface area contributed by atoms with E-state index in [1.54, 1.807) is 6.07 Å². The summed E-state index contributed by atoms with van der Waals surface area (Å²) in [5, 5.41) is 3.22. The standard InChI is InChI=1S/C14H14BrFN2/c1-9(10-2-4-11(15)5-3-10)18-14-7-12(16)6-13(17)8-14/h2-9,18H,17H2,1H3. The second kappa shape index (κ2) is 5.40. The Bertz CT molecular complexity index is 520. The first-order valence-electron chi connectivity index (χ1n) is 5.62. The molecule has 0 aliphatic rings. The second-order valence-corrected chi connectivity index (χ2v) is 5.11. The minimum atomic E-state index is -0.333. The van der Waals surface area contributed by atoms with Gasteiger partial charge < -0.3 is 11.1 Å². The molecule has 2 nitrogen and oxygen atoms in total. The second-order valence-electron chi connectivity index (χ2n) is 4.19. The number of nitrogens with one attached hydrogen (secondary N) is 1. The highest BCUT2D eigenvalue weighted by molar-refractivity contribution is 9.10. The van der Waals surface area contributed by atoms with E-state index in [2.05, 4.69) is 21.2 Å². The molecule has 0 saturated heterocycles. The summed E-state index contributed by atoms with van der Waals surface area (Å²) in [7, 11) is 0. The monoisotopic (exact) mass is 308 g/mol. The lowest BCUT2D eigenvalue weighted by Gasteiger charge is -2.16. The molecule has 0 fully saturated rings. The Morgan fingerprint density at radius 3 is 2.44 bits per heavy atom. The number of hydrogen-bond acceptors (Lipinski definition) is 2. The summed E-state index contributed by atoms with van der Waals surface area (Å²) in [5.41, 5.74) is 7.83. The molecule has 0 bridgehead atoms. The van der Waals surface area contributed by atoms with Gasteiger partial charge in [-0.3, -0.25) is 0 Å². The van der Waals surface area contributed by atoms with Crippen molar-refractivity contribution in [2.24, 2.45) is 0 Å². The van der Waals surface area contributed by atoms with E-state index < -0.39 is 0 Å². The molecule has 1 unspecified atom stereocenters. The summed E-state index contributed by atoms with van der Waals surface area (Å²) >= 11 is 3.39. The van der Waals surface area contributed by atoms with Crippen molar-refractivity contribution in [1.29, 1.82) is 0 Å². The molecule has 2 rings (SSSR count). The van der Waals surface area contributed by atoms with E-state index in [9.17, 15) is 4.39 Å². The molecule has 0 amide bonds. The molecule has 0 saturated carbocycles. The van der Waals surface area contributed by atoms with Gasteiger partial charge in [-0.2, -0.15) is 0 Å². The van der Waals surface area contributed by atoms with Crippen LogP contribution in [0, 0.1) is 5.82 Å². The van der Waals surface area contributed by atoms with Crippen molar-refractivity contribution in [1.82, 2.24) is 0 Å². The summed E-state index contributed by atoms with van der Waals surface area (Å²) in [4.78, 5) is 0. The quantitative estimate of drug-likeness (QED) is 0.828. The maximum Gasteiger partial charge on any atom is 0.127 e. The van der Waals surface area contributed by atoms with E-state index in [1.807, 2.05) is 31.2 Å². The fraction of sp³-hybridized carbons (Fsp3) is 0.143. The zero-order valence-electron chi connectivity index (χ0n) is 9.95. The largest absolute Gasteiger partial charge is 0.399 e. The molecule has 3 N–H and O–H groups in total. The van der Waals surface area contributed by atoms with Gasteiger partial charge in [0.05, 0.1) is 0 Å². The molecule has 18 heavy (non-hydrogen) atoms. The van der Waals surface area contributed by atoms with Crippen LogP contribution in [0.2, 0.25) is 0 Å². The Labute approximate surface area is 114 Å². The topological polar surface area (TPSA) is 38.0 Å². The highest BCUT2D eigenvalue weighted by atomic mass is 79.9. The predicted octanol–water partition coefficient (Wildman–Crippen LogP) is 4.34. The van der Waals surface area contributed by atoms with Crippen LogP contribution in [0.3, 0.4) is 0 Å². The Hall–Kier alpha value is -1.55. The van der Waals surface area contributed by atoms with Crippen LogP contribution < -0.4 is 11.1 Å².